The van der Waals surface area contributed by atoms with Crippen molar-refractivity contribution in [3.63, 3.8) is 0 Å². The van der Waals surface area contributed by atoms with Gasteiger partial charge in [-0.25, -0.2) is 8.42 Å². The first-order valence-electron chi connectivity index (χ1n) is 16.1. The molecule has 2 fully saturated rings. The van der Waals surface area contributed by atoms with E-state index in [2.05, 4.69) is 17.1 Å². The number of likely N-dealkylation sites (tertiary alicyclic amines) is 1. The van der Waals surface area contributed by atoms with Crippen LogP contribution in [0.15, 0.2) is 114 Å². The number of rotatable bonds is 10. The van der Waals surface area contributed by atoms with Gasteiger partial charge in [0.05, 0.1) is 4.90 Å². The molecule has 4 aromatic carbocycles. The molecule has 0 aromatic heterocycles. The first kappa shape index (κ1) is 32.4. The van der Waals surface area contributed by atoms with E-state index in [0.29, 0.717) is 23.6 Å². The van der Waals surface area contributed by atoms with Crippen molar-refractivity contribution < 1.29 is 22.7 Å². The lowest BCUT2D eigenvalue weighted by Crippen LogP contribution is -2.62. The molecule has 0 spiro atoms. The van der Waals surface area contributed by atoms with Crippen LogP contribution in [-0.2, 0) is 14.8 Å². The molecule has 9 nitrogen and oxygen atoms in total. The second-order valence-corrected chi connectivity index (χ2v) is 13.8. The summed E-state index contributed by atoms with van der Waals surface area (Å²) in [5.74, 6) is 0.604. The fourth-order valence-electron chi connectivity index (χ4n) is 6.39. The molecule has 4 aromatic rings. The zero-order chi connectivity index (χ0) is 32.8. The average Bonchev–Trinajstić information content (AvgIpc) is 3.59. The molecule has 2 saturated heterocycles. The number of amides is 2. The summed E-state index contributed by atoms with van der Waals surface area (Å²) in [6, 6.07) is 31.8. The van der Waals surface area contributed by atoms with E-state index in [9.17, 15) is 18.0 Å². The van der Waals surface area contributed by atoms with Crippen molar-refractivity contribution in [2.75, 3.05) is 39.3 Å². The lowest BCUT2D eigenvalue weighted by atomic mass is 10.1. The molecule has 2 amide bonds. The van der Waals surface area contributed by atoms with Crippen molar-refractivity contribution in [2.24, 2.45) is 0 Å². The number of carbonyl (C=O) groups excluding carboxylic acids is 2. The smallest absolute Gasteiger partial charge is 0.253 e. The molecule has 6 rings (SSSR count). The molecule has 244 valence electrons. The minimum Gasteiger partial charge on any atom is -0.457 e. The monoisotopic (exact) mass is 652 g/mol. The Bertz CT molecular complexity index is 1770. The number of para-hydroxylation sites is 1. The number of nitrogens with one attached hydrogen (secondary N) is 1. The van der Waals surface area contributed by atoms with Gasteiger partial charge in [0.2, 0.25) is 15.9 Å². The molecule has 2 heterocycles. The van der Waals surface area contributed by atoms with Crippen LogP contribution in [0.25, 0.3) is 11.1 Å². The fourth-order valence-corrected chi connectivity index (χ4v) is 7.96. The minimum atomic E-state index is -4.05. The predicted octanol–water partition coefficient (Wildman–Crippen LogP) is 5.26. The maximum Gasteiger partial charge on any atom is 0.253 e. The van der Waals surface area contributed by atoms with Gasteiger partial charge in [0.1, 0.15) is 17.5 Å². The van der Waals surface area contributed by atoms with Crippen LogP contribution in [0.3, 0.4) is 0 Å². The van der Waals surface area contributed by atoms with Gasteiger partial charge in [-0.05, 0) is 85.6 Å². The SMILES string of the molecule is CCN1CCCC1CNC(=O)C1CN(C(=O)c2ccc(Oc3ccccc3)cc2)CCN1S(=O)(=O)c1ccc(-c2ccccc2)cc1. The molecule has 2 aliphatic heterocycles. The summed E-state index contributed by atoms with van der Waals surface area (Å²) >= 11 is 0. The Kier molecular flexibility index (Phi) is 10.0. The van der Waals surface area contributed by atoms with Crippen LogP contribution in [0.5, 0.6) is 11.5 Å². The quantitative estimate of drug-likeness (QED) is 0.251. The van der Waals surface area contributed by atoms with Crippen molar-refractivity contribution in [1.82, 2.24) is 19.4 Å². The summed E-state index contributed by atoms with van der Waals surface area (Å²) in [6.07, 6.45) is 2.04. The largest absolute Gasteiger partial charge is 0.457 e. The first-order chi connectivity index (χ1) is 22.8. The maximum atomic E-state index is 14.1. The number of carbonyl (C=O) groups is 2. The third-order valence-corrected chi connectivity index (χ3v) is 10.9. The highest BCUT2D eigenvalue weighted by Gasteiger charge is 2.42. The Morgan fingerprint density at radius 2 is 1.43 bits per heavy atom. The van der Waals surface area contributed by atoms with Crippen LogP contribution >= 0.6 is 0 Å². The van der Waals surface area contributed by atoms with Gasteiger partial charge in [-0.1, -0.05) is 67.6 Å². The van der Waals surface area contributed by atoms with Gasteiger partial charge >= 0.3 is 0 Å². The average molecular weight is 653 g/mol. The summed E-state index contributed by atoms with van der Waals surface area (Å²) in [5.41, 5.74) is 2.31. The summed E-state index contributed by atoms with van der Waals surface area (Å²) < 4.78 is 35.2. The van der Waals surface area contributed by atoms with Gasteiger partial charge < -0.3 is 15.0 Å². The number of sulfonamides is 1. The number of benzene rings is 4. The molecule has 2 unspecified atom stereocenters. The maximum absolute atomic E-state index is 14.1. The van der Waals surface area contributed by atoms with Gasteiger partial charge in [-0.2, -0.15) is 4.31 Å². The lowest BCUT2D eigenvalue weighted by Gasteiger charge is -2.40. The highest BCUT2D eigenvalue weighted by atomic mass is 32.2. The van der Waals surface area contributed by atoms with Crippen LogP contribution in [0, 0.1) is 0 Å². The minimum absolute atomic E-state index is 0.00763. The first-order valence-corrected chi connectivity index (χ1v) is 17.6. The van der Waals surface area contributed by atoms with Gasteiger partial charge in [-0.15, -0.1) is 0 Å². The summed E-state index contributed by atoms with van der Waals surface area (Å²) in [7, 11) is -4.05. The highest BCUT2D eigenvalue weighted by molar-refractivity contribution is 7.89. The predicted molar refractivity (Wildman–Crippen MR) is 182 cm³/mol. The molecule has 10 heteroatoms. The van der Waals surface area contributed by atoms with Crippen LogP contribution in [0.2, 0.25) is 0 Å². The van der Waals surface area contributed by atoms with E-state index in [0.717, 1.165) is 37.1 Å². The Hall–Kier alpha value is -4.51. The van der Waals surface area contributed by atoms with Crippen LogP contribution in [-0.4, -0.2) is 85.7 Å². The molecule has 2 atom stereocenters. The highest BCUT2D eigenvalue weighted by Crippen LogP contribution is 2.27. The molecule has 1 N–H and O–H groups in total. The van der Waals surface area contributed by atoms with Crippen LogP contribution in [0.1, 0.15) is 30.1 Å². The number of piperazine rings is 1. The van der Waals surface area contributed by atoms with Crippen molar-refractivity contribution in [2.45, 2.75) is 36.7 Å². The van der Waals surface area contributed by atoms with Crippen LogP contribution in [0.4, 0.5) is 0 Å². The number of ether oxygens (including phenoxy) is 1. The van der Waals surface area contributed by atoms with Crippen molar-refractivity contribution in [3.8, 4) is 22.6 Å². The van der Waals surface area contributed by atoms with E-state index in [4.69, 9.17) is 4.74 Å². The summed E-state index contributed by atoms with van der Waals surface area (Å²) in [4.78, 5) is 31.5. The van der Waals surface area contributed by atoms with E-state index >= 15 is 0 Å². The molecule has 2 aliphatic rings. The second kappa shape index (κ2) is 14.5. The van der Waals surface area contributed by atoms with E-state index in [1.807, 2.05) is 60.7 Å². The molecule has 0 saturated carbocycles. The molecule has 47 heavy (non-hydrogen) atoms. The zero-order valence-corrected chi connectivity index (χ0v) is 27.3. The van der Waals surface area contributed by atoms with E-state index in [1.54, 1.807) is 53.4 Å². The third kappa shape index (κ3) is 7.40. The number of likely N-dealkylation sites (N-methyl/N-ethyl adjacent to an activating group) is 1. The normalized spacial score (nSPS) is 19.0. The van der Waals surface area contributed by atoms with Crippen molar-refractivity contribution in [1.29, 1.82) is 0 Å². The Labute approximate surface area is 276 Å². The van der Waals surface area contributed by atoms with Crippen LogP contribution < -0.4 is 10.1 Å². The summed E-state index contributed by atoms with van der Waals surface area (Å²) in [6.45, 7) is 4.49. The van der Waals surface area contributed by atoms with Crippen molar-refractivity contribution >= 4 is 21.8 Å². The van der Waals surface area contributed by atoms with Gasteiger partial charge in [0, 0.05) is 37.8 Å². The molecular formula is C37H40N4O5S. The zero-order valence-electron chi connectivity index (χ0n) is 26.5. The van der Waals surface area contributed by atoms with E-state index in [-0.39, 0.29) is 36.5 Å². The topological polar surface area (TPSA) is 99.3 Å². The molecular weight excluding hydrogens is 612 g/mol. The van der Waals surface area contributed by atoms with Gasteiger partial charge in [-0.3, -0.25) is 14.5 Å². The van der Waals surface area contributed by atoms with Gasteiger partial charge in [0.15, 0.2) is 0 Å². The molecule has 0 radical (unpaired) electrons. The molecule has 0 aliphatic carbocycles. The Balaban J connectivity index is 1.21. The lowest BCUT2D eigenvalue weighted by molar-refractivity contribution is -0.126. The molecule has 0 bridgehead atoms. The number of hydrogen-bond donors (Lipinski definition) is 1. The van der Waals surface area contributed by atoms with E-state index < -0.39 is 22.0 Å². The van der Waals surface area contributed by atoms with Crippen molar-refractivity contribution in [3.05, 3.63) is 115 Å². The third-order valence-electron chi connectivity index (χ3n) is 8.99. The van der Waals surface area contributed by atoms with E-state index in [1.165, 1.54) is 4.31 Å². The standard InChI is InChI=1S/C37H40N4O5S/c1-2-39-23-9-12-31(39)26-38-36(42)35-27-40(37(43)30-15-19-33(20-16-30)46-32-13-7-4-8-14-32)24-25-41(35)47(44,45)34-21-17-29(18-22-34)28-10-5-3-6-11-28/h3-8,10-11,13-22,31,35H,2,9,12,23-27H2,1H3,(H,38,42). The second-order valence-electron chi connectivity index (χ2n) is 11.9. The number of hydrogen-bond acceptors (Lipinski definition) is 6. The Morgan fingerprint density at radius 1 is 0.787 bits per heavy atom. The summed E-state index contributed by atoms with van der Waals surface area (Å²) in [5, 5.41) is 3.03. The van der Waals surface area contributed by atoms with Gasteiger partial charge in [0.25, 0.3) is 5.91 Å². The Morgan fingerprint density at radius 3 is 2.11 bits per heavy atom. The fraction of sp³-hybridized carbons (Fsp3) is 0.297. The number of nitrogens with zero attached hydrogens (tertiary/aromatic N) is 3.